The number of urea groups is 2. The Morgan fingerprint density at radius 3 is 2.23 bits per heavy atom. The molecule has 1 aliphatic heterocycles. The Kier molecular flexibility index (Phi) is 19.9. The largest absolute Gasteiger partial charge is 0.497 e. The molecule has 1 aromatic heterocycles. The van der Waals surface area contributed by atoms with Gasteiger partial charge in [0.25, 0.3) is 5.91 Å². The van der Waals surface area contributed by atoms with Gasteiger partial charge in [0.15, 0.2) is 0 Å². The number of ether oxygens (including phenoxy) is 1. The Hall–Kier alpha value is -7.44. The normalized spacial score (nSPS) is 20.9. The number of rotatable bonds is 13. The third-order valence-corrected chi connectivity index (χ3v) is 11.3. The van der Waals surface area contributed by atoms with Gasteiger partial charge in [-0.1, -0.05) is 78.6 Å². The second-order valence-corrected chi connectivity index (χ2v) is 16.8. The maximum atomic E-state index is 14.4. The summed E-state index contributed by atoms with van der Waals surface area (Å²) in [4.78, 5) is 88.9. The minimum Gasteiger partial charge on any atom is -0.497 e. The zero-order valence-electron chi connectivity index (χ0n) is 39.2. The first-order chi connectivity index (χ1) is 33.1. The first kappa shape index (κ1) is 52.5. The summed E-state index contributed by atoms with van der Waals surface area (Å²) in [5, 5.41) is 24.4. The second-order valence-electron chi connectivity index (χ2n) is 16.8. The zero-order chi connectivity index (χ0) is 49.9. The van der Waals surface area contributed by atoms with Gasteiger partial charge < -0.3 is 47.6 Å². The molecule has 12 N–H and O–H groups in total. The van der Waals surface area contributed by atoms with Crippen molar-refractivity contribution < 1.29 is 38.6 Å². The molecule has 0 saturated carbocycles. The molecule has 0 saturated heterocycles. The van der Waals surface area contributed by atoms with Crippen molar-refractivity contribution in [2.75, 3.05) is 33.3 Å². The van der Waals surface area contributed by atoms with E-state index < -0.39 is 72.1 Å². The van der Waals surface area contributed by atoms with Crippen LogP contribution in [0.3, 0.4) is 0 Å². The predicted octanol–water partition coefficient (Wildman–Crippen LogP) is 1.27. The SMILES string of the molecule is C=CCN1CC#CCN(NC(O)[C@@H](C)N)C(=O)N[C@H](Cc2c[nH]c3ccccc23)C(=O)N[C@@H](C)C(=O)NN(Cc2ccc(OC)cc2)C(=O)N[C@H](Cc2ccccc2)C(=O)N[C@H](C(N)=O)CCCC1. The molecule has 0 aliphatic carbocycles. The van der Waals surface area contributed by atoms with Crippen LogP contribution >= 0.6 is 0 Å². The fourth-order valence-corrected chi connectivity index (χ4v) is 7.34. The van der Waals surface area contributed by atoms with Crippen molar-refractivity contribution in [1.82, 2.24) is 52.0 Å². The summed E-state index contributed by atoms with van der Waals surface area (Å²) in [5.74, 6) is 3.54. The number of benzene rings is 3. The third-order valence-electron chi connectivity index (χ3n) is 11.3. The van der Waals surface area contributed by atoms with Crippen LogP contribution in [0.5, 0.6) is 5.75 Å². The topological polar surface area (TPSA) is 282 Å². The van der Waals surface area contributed by atoms with Crippen LogP contribution in [-0.2, 0) is 38.6 Å². The lowest BCUT2D eigenvalue weighted by Gasteiger charge is -2.30. The van der Waals surface area contributed by atoms with Gasteiger partial charge in [-0.2, -0.15) is 5.43 Å². The highest BCUT2D eigenvalue weighted by atomic mass is 16.5. The van der Waals surface area contributed by atoms with E-state index in [1.165, 1.54) is 14.0 Å². The molecule has 5 rings (SSSR count). The van der Waals surface area contributed by atoms with Crippen LogP contribution in [0, 0.1) is 11.8 Å². The van der Waals surface area contributed by atoms with Gasteiger partial charge in [0.1, 0.15) is 42.7 Å². The molecule has 368 valence electrons. The van der Waals surface area contributed by atoms with Crippen molar-refractivity contribution in [3.63, 3.8) is 0 Å². The molecule has 0 fully saturated rings. The number of methoxy groups -OCH3 is 1. The Labute approximate surface area is 401 Å². The summed E-state index contributed by atoms with van der Waals surface area (Å²) in [6.45, 7) is 7.61. The quantitative estimate of drug-likeness (QED) is 0.0518. The molecule has 0 radical (unpaired) electrons. The van der Waals surface area contributed by atoms with Crippen molar-refractivity contribution in [3.8, 4) is 17.6 Å². The average Bonchev–Trinajstić information content (AvgIpc) is 3.74. The first-order valence-corrected chi connectivity index (χ1v) is 22.7. The second kappa shape index (κ2) is 26.2. The maximum absolute atomic E-state index is 14.4. The molecular formula is C49H64N12O8. The summed E-state index contributed by atoms with van der Waals surface area (Å²) in [7, 11) is 1.51. The van der Waals surface area contributed by atoms with Crippen LogP contribution in [-0.4, -0.2) is 130 Å². The van der Waals surface area contributed by atoms with E-state index in [-0.39, 0.29) is 38.9 Å². The van der Waals surface area contributed by atoms with Crippen molar-refractivity contribution in [1.29, 1.82) is 0 Å². The summed E-state index contributed by atoms with van der Waals surface area (Å²) >= 11 is 0. The average molecular weight is 949 g/mol. The maximum Gasteiger partial charge on any atom is 0.337 e. The van der Waals surface area contributed by atoms with Gasteiger partial charge in [-0.25, -0.2) is 19.6 Å². The minimum atomic E-state index is -1.38. The molecule has 1 aliphatic rings. The van der Waals surface area contributed by atoms with Gasteiger partial charge in [0.05, 0.1) is 20.2 Å². The van der Waals surface area contributed by atoms with E-state index in [1.54, 1.807) is 67.7 Å². The molecule has 0 spiro atoms. The molecule has 2 heterocycles. The van der Waals surface area contributed by atoms with Crippen LogP contribution in [0.15, 0.2) is 97.7 Å². The van der Waals surface area contributed by atoms with Gasteiger partial charge >= 0.3 is 12.1 Å². The number of aromatic amines is 1. The molecule has 4 aromatic rings. The summed E-state index contributed by atoms with van der Waals surface area (Å²) < 4.78 is 5.30. The third kappa shape index (κ3) is 16.1. The number of nitrogens with one attached hydrogen (secondary N) is 7. The lowest BCUT2D eigenvalue weighted by Crippen LogP contribution is -2.61. The highest BCUT2D eigenvalue weighted by molar-refractivity contribution is 5.94. The number of carbonyl (C=O) groups is 6. The molecule has 3 aromatic carbocycles. The van der Waals surface area contributed by atoms with Gasteiger partial charge in [0, 0.05) is 42.5 Å². The highest BCUT2D eigenvalue weighted by Gasteiger charge is 2.32. The smallest absolute Gasteiger partial charge is 0.337 e. The zero-order valence-corrected chi connectivity index (χ0v) is 39.2. The number of aromatic nitrogens is 1. The number of nitrogens with two attached hydrogens (primary N) is 2. The highest BCUT2D eigenvalue weighted by Crippen LogP contribution is 2.20. The van der Waals surface area contributed by atoms with E-state index in [9.17, 15) is 33.9 Å². The van der Waals surface area contributed by atoms with Crippen LogP contribution < -0.4 is 48.3 Å². The summed E-state index contributed by atoms with van der Waals surface area (Å²) in [6, 6.07) is 15.6. The molecule has 8 amide bonds. The molecule has 6 atom stereocenters. The minimum absolute atomic E-state index is 0.0128. The van der Waals surface area contributed by atoms with Crippen LogP contribution in [0.25, 0.3) is 10.9 Å². The molecule has 20 heteroatoms. The number of hydrazine groups is 2. The molecule has 69 heavy (non-hydrogen) atoms. The van der Waals surface area contributed by atoms with E-state index in [4.69, 9.17) is 16.2 Å². The fraction of sp³-hybridized carbons (Fsp3) is 0.388. The Bertz CT molecular complexity index is 2440. The predicted molar refractivity (Wildman–Crippen MR) is 260 cm³/mol. The van der Waals surface area contributed by atoms with E-state index in [2.05, 4.69) is 55.5 Å². The van der Waals surface area contributed by atoms with E-state index >= 15 is 0 Å². The van der Waals surface area contributed by atoms with Crippen molar-refractivity contribution >= 4 is 46.6 Å². The number of fused-ring (bicyclic) bond motifs is 1. The van der Waals surface area contributed by atoms with E-state index in [0.29, 0.717) is 48.4 Å². The number of aliphatic hydroxyl groups excluding tert-OH is 1. The Morgan fingerprint density at radius 2 is 1.54 bits per heavy atom. The standard InChI is InChI=1S/C49H64N12O8/c1-5-24-59-25-12-11-19-40(43(51)62)54-47(66)41(28-34-15-7-6-8-16-34)55-49(68)61(31-35-20-22-37(69-4)23-21-35)58-45(64)33(3)53-46(65)42(29-36-30-52-39-18-10-9-17-38(36)39)56-48(67)60(27-14-13-26-59)57-44(63)32(2)50/h5-10,15-18,20-23,30,32-33,40-42,44,52,57,63H,1,11-12,19,24-29,31,50H2,2-4H3,(H2,51,62)(H,53,65)(H,54,66)(H,55,68)(H,56,67)(H,58,64)/t32-,33+,40+,41-,42-,44?/m1/s1. The van der Waals surface area contributed by atoms with Gasteiger partial charge in [0.2, 0.25) is 17.7 Å². The number of carbonyl (C=O) groups excluding carboxylic acids is 6. The number of amides is 8. The van der Waals surface area contributed by atoms with Crippen LogP contribution in [0.1, 0.15) is 49.8 Å². The molecule has 0 bridgehead atoms. The summed E-state index contributed by atoms with van der Waals surface area (Å²) in [6.07, 6.45) is 3.29. The lowest BCUT2D eigenvalue weighted by atomic mass is 10.0. The van der Waals surface area contributed by atoms with Gasteiger partial charge in [-0.05, 0) is 74.5 Å². The number of H-pyrrole nitrogens is 1. The van der Waals surface area contributed by atoms with Gasteiger partial charge in [-0.15, -0.1) is 6.58 Å². The Balaban J connectivity index is 1.51. The lowest BCUT2D eigenvalue weighted by molar-refractivity contribution is -0.131. The number of aliphatic hydroxyl groups is 1. The summed E-state index contributed by atoms with van der Waals surface area (Å²) in [5.41, 5.74) is 19.8. The van der Waals surface area contributed by atoms with Crippen LogP contribution in [0.4, 0.5) is 9.59 Å². The van der Waals surface area contributed by atoms with Crippen LogP contribution in [0.2, 0.25) is 0 Å². The molecular weight excluding hydrogens is 885 g/mol. The van der Waals surface area contributed by atoms with Crippen molar-refractivity contribution in [2.24, 2.45) is 11.5 Å². The fourth-order valence-electron chi connectivity index (χ4n) is 7.34. The molecule has 1 unspecified atom stereocenters. The number of hydrogen-bond acceptors (Lipinski definition) is 11. The molecule has 20 nitrogen and oxygen atoms in total. The van der Waals surface area contributed by atoms with Crippen molar-refractivity contribution in [3.05, 3.63) is 114 Å². The first-order valence-electron chi connectivity index (χ1n) is 22.7. The monoisotopic (exact) mass is 948 g/mol. The number of primary amides is 1. The van der Waals surface area contributed by atoms with Gasteiger partial charge in [-0.3, -0.25) is 29.5 Å². The van der Waals surface area contributed by atoms with E-state index in [1.807, 2.05) is 35.2 Å². The Morgan fingerprint density at radius 1 is 0.870 bits per heavy atom. The number of nitrogens with zero attached hydrogens (tertiary/aromatic N) is 3. The number of hydrogen-bond donors (Lipinski definition) is 10. The number of para-hydroxylation sites is 1. The van der Waals surface area contributed by atoms with Crippen molar-refractivity contribution in [2.45, 2.75) is 88.9 Å². The van der Waals surface area contributed by atoms with E-state index in [0.717, 1.165) is 20.9 Å².